The first-order valence-electron chi connectivity index (χ1n) is 9.88. The third-order valence-electron chi connectivity index (χ3n) is 5.72. The zero-order valence-corrected chi connectivity index (χ0v) is 20.5. The van der Waals surface area contributed by atoms with Crippen LogP contribution in [0.2, 0.25) is 0 Å². The van der Waals surface area contributed by atoms with Crippen LogP contribution in [0.15, 0.2) is 53.0 Å². The van der Waals surface area contributed by atoms with E-state index in [-0.39, 0.29) is 29.9 Å². The molecule has 1 saturated carbocycles. The summed E-state index contributed by atoms with van der Waals surface area (Å²) >= 11 is 3.41. The minimum Gasteiger partial charge on any atom is -1.00 e. The first-order chi connectivity index (χ1) is 12.9. The summed E-state index contributed by atoms with van der Waals surface area (Å²) in [5.74, 6) is -0.0459. The summed E-state index contributed by atoms with van der Waals surface area (Å²) in [6.07, 6.45) is 6.86. The van der Waals surface area contributed by atoms with Crippen LogP contribution in [-0.2, 0) is 13.1 Å². The minimum atomic E-state index is -0.0459. The second kappa shape index (κ2) is 10.7. The molecular weight excluding hydrogens is 527 g/mol. The largest absolute Gasteiger partial charge is 1.00 e. The van der Waals surface area contributed by atoms with Crippen LogP contribution in [0.5, 0.6) is 0 Å². The van der Waals surface area contributed by atoms with Crippen LogP contribution < -0.4 is 29.3 Å². The molecule has 0 heterocycles. The molecule has 0 unspecified atom stereocenters. The molecule has 0 aromatic heterocycles. The van der Waals surface area contributed by atoms with Crippen molar-refractivity contribution >= 4 is 21.8 Å². The standard InChI is InChI=1S/C23H29BrN2O.HI/c1-26(2,22-9-4-3-5-10-22)17-19-13-11-18(12-14-19)16-25-23(27)20-7-6-8-21(24)15-20;/h6-8,11-15,22H,3-5,9-10,16-17H2,1-2H3;1H. The molecule has 3 nitrogen and oxygen atoms in total. The van der Waals surface area contributed by atoms with Crippen molar-refractivity contribution in [2.75, 3.05) is 14.1 Å². The van der Waals surface area contributed by atoms with Gasteiger partial charge in [-0.1, -0.05) is 52.7 Å². The van der Waals surface area contributed by atoms with Gasteiger partial charge in [-0.3, -0.25) is 4.79 Å². The number of rotatable bonds is 6. The van der Waals surface area contributed by atoms with Crippen LogP contribution >= 0.6 is 15.9 Å². The summed E-state index contributed by atoms with van der Waals surface area (Å²) in [4.78, 5) is 12.3. The predicted octanol–water partition coefficient (Wildman–Crippen LogP) is 2.29. The van der Waals surface area contributed by atoms with E-state index in [0.29, 0.717) is 12.1 Å². The number of nitrogens with one attached hydrogen (secondary N) is 1. The van der Waals surface area contributed by atoms with Crippen LogP contribution in [0.4, 0.5) is 0 Å². The van der Waals surface area contributed by atoms with Gasteiger partial charge in [0, 0.05) is 22.1 Å². The zero-order valence-electron chi connectivity index (χ0n) is 16.8. The maximum absolute atomic E-state index is 12.3. The molecule has 0 atom stereocenters. The molecule has 1 fully saturated rings. The average Bonchev–Trinajstić information content (AvgIpc) is 2.67. The molecule has 0 radical (unpaired) electrons. The van der Waals surface area contributed by atoms with E-state index in [1.165, 1.54) is 37.7 Å². The number of carbonyl (C=O) groups is 1. The fourth-order valence-corrected chi connectivity index (χ4v) is 4.46. The first-order valence-corrected chi connectivity index (χ1v) is 10.7. The smallest absolute Gasteiger partial charge is 0.251 e. The zero-order chi connectivity index (χ0) is 19.3. The third kappa shape index (κ3) is 6.56. The highest BCUT2D eigenvalue weighted by molar-refractivity contribution is 9.10. The molecule has 152 valence electrons. The van der Waals surface area contributed by atoms with Gasteiger partial charge in [0.1, 0.15) is 6.54 Å². The van der Waals surface area contributed by atoms with Gasteiger partial charge < -0.3 is 33.8 Å². The number of halogens is 2. The second-order valence-corrected chi connectivity index (χ2v) is 9.15. The lowest BCUT2D eigenvalue weighted by Crippen LogP contribution is -3.00. The number of nitrogens with zero attached hydrogens (tertiary/aromatic N) is 1. The average molecular weight is 557 g/mol. The fourth-order valence-electron chi connectivity index (χ4n) is 4.06. The van der Waals surface area contributed by atoms with Gasteiger partial charge in [0.25, 0.3) is 5.91 Å². The Bertz CT molecular complexity index is 770. The van der Waals surface area contributed by atoms with Crippen molar-refractivity contribution in [3.8, 4) is 0 Å². The maximum atomic E-state index is 12.3. The van der Waals surface area contributed by atoms with Crippen LogP contribution in [-0.4, -0.2) is 30.5 Å². The highest BCUT2D eigenvalue weighted by atomic mass is 127. The van der Waals surface area contributed by atoms with Gasteiger partial charge >= 0.3 is 0 Å². The number of carbonyl (C=O) groups excluding carboxylic acids is 1. The lowest BCUT2D eigenvalue weighted by Gasteiger charge is -2.40. The summed E-state index contributed by atoms with van der Waals surface area (Å²) in [5.41, 5.74) is 3.17. The molecule has 3 rings (SSSR count). The normalized spacial score (nSPS) is 15.0. The summed E-state index contributed by atoms with van der Waals surface area (Å²) in [5, 5.41) is 3.00. The van der Waals surface area contributed by atoms with Gasteiger partial charge in [0.05, 0.1) is 20.1 Å². The van der Waals surface area contributed by atoms with Gasteiger partial charge in [0.2, 0.25) is 0 Å². The molecule has 1 aliphatic rings. The monoisotopic (exact) mass is 556 g/mol. The molecule has 0 aliphatic heterocycles. The van der Waals surface area contributed by atoms with E-state index in [1.54, 1.807) is 0 Å². The van der Waals surface area contributed by atoms with Crippen molar-refractivity contribution < 1.29 is 33.3 Å². The molecule has 28 heavy (non-hydrogen) atoms. The molecule has 1 amide bonds. The van der Waals surface area contributed by atoms with Crippen molar-refractivity contribution in [1.82, 2.24) is 5.32 Å². The lowest BCUT2D eigenvalue weighted by molar-refractivity contribution is -0.929. The molecule has 5 heteroatoms. The Kier molecular flexibility index (Phi) is 8.96. The highest BCUT2D eigenvalue weighted by Gasteiger charge is 2.29. The molecule has 2 aromatic rings. The summed E-state index contributed by atoms with van der Waals surface area (Å²) < 4.78 is 1.98. The Hall–Kier alpha value is -0.920. The van der Waals surface area contributed by atoms with E-state index in [1.807, 2.05) is 24.3 Å². The number of amides is 1. The Labute approximate surface area is 194 Å². The molecule has 2 aromatic carbocycles. The van der Waals surface area contributed by atoms with E-state index in [9.17, 15) is 4.79 Å². The Morgan fingerprint density at radius 1 is 1.04 bits per heavy atom. The van der Waals surface area contributed by atoms with Crippen LogP contribution in [0.1, 0.15) is 53.6 Å². The molecule has 0 bridgehead atoms. The van der Waals surface area contributed by atoms with Gasteiger partial charge in [-0.05, 0) is 49.4 Å². The molecule has 1 aliphatic carbocycles. The van der Waals surface area contributed by atoms with Crippen LogP contribution in [0, 0.1) is 0 Å². The molecular formula is C23H30BrIN2O. The molecule has 0 saturated heterocycles. The van der Waals surface area contributed by atoms with Crippen molar-refractivity contribution in [2.24, 2.45) is 0 Å². The van der Waals surface area contributed by atoms with Gasteiger partial charge in [0.15, 0.2) is 0 Å². The highest BCUT2D eigenvalue weighted by Crippen LogP contribution is 2.27. The number of hydrogen-bond donors (Lipinski definition) is 1. The van der Waals surface area contributed by atoms with E-state index in [0.717, 1.165) is 27.1 Å². The van der Waals surface area contributed by atoms with Crippen LogP contribution in [0.25, 0.3) is 0 Å². The van der Waals surface area contributed by atoms with Gasteiger partial charge in [-0.15, -0.1) is 0 Å². The predicted molar refractivity (Wildman–Crippen MR) is 114 cm³/mol. The fraction of sp³-hybridized carbons (Fsp3) is 0.435. The first kappa shape index (κ1) is 23.4. The minimum absolute atomic E-state index is 0. The van der Waals surface area contributed by atoms with Crippen molar-refractivity contribution in [2.45, 2.75) is 51.2 Å². The summed E-state index contributed by atoms with van der Waals surface area (Å²) in [6.45, 7) is 1.61. The van der Waals surface area contributed by atoms with E-state index in [4.69, 9.17) is 0 Å². The maximum Gasteiger partial charge on any atom is 0.251 e. The van der Waals surface area contributed by atoms with Crippen molar-refractivity contribution in [1.29, 1.82) is 0 Å². The number of hydrogen-bond acceptors (Lipinski definition) is 1. The van der Waals surface area contributed by atoms with Gasteiger partial charge in [-0.2, -0.15) is 0 Å². The Morgan fingerprint density at radius 3 is 2.32 bits per heavy atom. The number of quaternary nitrogens is 1. The number of benzene rings is 2. The Balaban J connectivity index is 0.00000280. The molecule has 1 N–H and O–H groups in total. The van der Waals surface area contributed by atoms with Crippen molar-refractivity contribution in [3.63, 3.8) is 0 Å². The Morgan fingerprint density at radius 2 is 1.68 bits per heavy atom. The second-order valence-electron chi connectivity index (χ2n) is 8.24. The van der Waals surface area contributed by atoms with Crippen LogP contribution in [0.3, 0.4) is 0 Å². The van der Waals surface area contributed by atoms with E-state index >= 15 is 0 Å². The lowest BCUT2D eigenvalue weighted by atomic mass is 9.92. The van der Waals surface area contributed by atoms with Gasteiger partial charge in [-0.25, -0.2) is 0 Å². The summed E-state index contributed by atoms with van der Waals surface area (Å²) in [6, 6.07) is 16.9. The quantitative estimate of drug-likeness (QED) is 0.429. The SMILES string of the molecule is C[N+](C)(Cc1ccc(CNC(=O)c2cccc(Br)c2)cc1)C1CCCCC1.[I-]. The van der Waals surface area contributed by atoms with E-state index in [2.05, 4.69) is 59.6 Å². The molecule has 0 spiro atoms. The third-order valence-corrected chi connectivity index (χ3v) is 6.21. The van der Waals surface area contributed by atoms with Crippen molar-refractivity contribution in [3.05, 3.63) is 69.7 Å². The summed E-state index contributed by atoms with van der Waals surface area (Å²) in [7, 11) is 4.73. The van der Waals surface area contributed by atoms with E-state index < -0.39 is 0 Å². The topological polar surface area (TPSA) is 29.1 Å².